The van der Waals surface area contributed by atoms with Crippen molar-refractivity contribution >= 4 is 28.0 Å². The minimum absolute atomic E-state index is 0.0869. The Kier molecular flexibility index (Phi) is 2.95. The smallest absolute Gasteiger partial charge is 0.200 e. The predicted octanol–water partition coefficient (Wildman–Crippen LogP) is 4.44. The largest absolute Gasteiger partial charge is 0.456 e. The van der Waals surface area contributed by atoms with E-state index in [1.807, 2.05) is 6.07 Å². The van der Waals surface area contributed by atoms with E-state index in [1.165, 1.54) is 6.08 Å². The van der Waals surface area contributed by atoms with Gasteiger partial charge in [-0.3, -0.25) is 4.79 Å². The van der Waals surface area contributed by atoms with Crippen LogP contribution in [0.4, 0.5) is 4.39 Å². The molecule has 1 aromatic heterocycles. The molecule has 0 fully saturated rings. The molecule has 0 saturated heterocycles. The van der Waals surface area contributed by atoms with Crippen molar-refractivity contribution in [3.8, 4) is 0 Å². The lowest BCUT2D eigenvalue weighted by Crippen LogP contribution is -2.01. The molecule has 0 aliphatic heterocycles. The van der Waals surface area contributed by atoms with Gasteiger partial charge in [0, 0.05) is 0 Å². The molecule has 3 heteroatoms. The number of fused-ring (bicyclic) bond motifs is 2. The fraction of sp³-hybridized carbons (Fsp3) is 0. The molecular weight excluding hydrogens is 255 g/mol. The van der Waals surface area contributed by atoms with E-state index in [4.69, 9.17) is 4.42 Å². The van der Waals surface area contributed by atoms with Crippen LogP contribution in [0, 0.1) is 0 Å². The van der Waals surface area contributed by atoms with Crippen LogP contribution in [0.5, 0.6) is 0 Å². The molecule has 0 saturated carbocycles. The second-order valence-corrected chi connectivity index (χ2v) is 4.46. The lowest BCUT2D eigenvalue weighted by molar-refractivity contribution is 0.660. The van der Waals surface area contributed by atoms with Gasteiger partial charge in [0.05, 0.1) is 10.8 Å². The summed E-state index contributed by atoms with van der Waals surface area (Å²) in [6.45, 7) is 3.16. The summed E-state index contributed by atoms with van der Waals surface area (Å²) in [5, 5.41) is 1.02. The second-order valence-electron chi connectivity index (χ2n) is 4.46. The highest BCUT2D eigenvalue weighted by Gasteiger charge is 2.06. The van der Waals surface area contributed by atoms with Crippen LogP contribution in [0.3, 0.4) is 0 Å². The first-order chi connectivity index (χ1) is 9.65. The minimum Gasteiger partial charge on any atom is -0.456 e. The molecule has 20 heavy (non-hydrogen) atoms. The van der Waals surface area contributed by atoms with Crippen LogP contribution in [0.2, 0.25) is 0 Å². The van der Waals surface area contributed by atoms with Gasteiger partial charge in [0.15, 0.2) is 0 Å². The van der Waals surface area contributed by atoms with Crippen molar-refractivity contribution in [3.05, 3.63) is 76.7 Å². The van der Waals surface area contributed by atoms with Crippen LogP contribution in [0.1, 0.15) is 5.56 Å². The van der Waals surface area contributed by atoms with Crippen molar-refractivity contribution in [2.45, 2.75) is 0 Å². The second kappa shape index (κ2) is 4.78. The summed E-state index contributed by atoms with van der Waals surface area (Å²) in [6, 6.07) is 12.3. The Hall–Kier alpha value is -2.68. The minimum atomic E-state index is -0.532. The molecule has 0 bridgehead atoms. The lowest BCUT2D eigenvalue weighted by atomic mass is 10.1. The first-order valence-corrected chi connectivity index (χ1v) is 6.13. The van der Waals surface area contributed by atoms with Crippen LogP contribution in [0.15, 0.2) is 70.2 Å². The van der Waals surface area contributed by atoms with E-state index in [9.17, 15) is 9.18 Å². The number of rotatable bonds is 2. The van der Waals surface area contributed by atoms with Gasteiger partial charge in [-0.2, -0.15) is 0 Å². The number of hydrogen-bond donors (Lipinski definition) is 0. The number of hydrogen-bond acceptors (Lipinski definition) is 2. The predicted molar refractivity (Wildman–Crippen MR) is 79.3 cm³/mol. The Morgan fingerprint density at radius 3 is 2.65 bits per heavy atom. The van der Waals surface area contributed by atoms with Crippen LogP contribution in [-0.2, 0) is 0 Å². The van der Waals surface area contributed by atoms with E-state index in [0.717, 1.165) is 5.56 Å². The molecule has 0 aliphatic rings. The number of benzene rings is 2. The molecule has 0 unspecified atom stereocenters. The summed E-state index contributed by atoms with van der Waals surface area (Å²) in [7, 11) is 0. The molecule has 0 radical (unpaired) electrons. The summed E-state index contributed by atoms with van der Waals surface area (Å²) in [6.07, 6.45) is 2.82. The third-order valence-corrected chi connectivity index (χ3v) is 3.06. The van der Waals surface area contributed by atoms with E-state index < -0.39 is 5.83 Å². The van der Waals surface area contributed by atoms with Crippen LogP contribution >= 0.6 is 0 Å². The van der Waals surface area contributed by atoms with Crippen molar-refractivity contribution in [2.24, 2.45) is 0 Å². The van der Waals surface area contributed by atoms with Gasteiger partial charge >= 0.3 is 0 Å². The van der Waals surface area contributed by atoms with Crippen LogP contribution in [-0.4, -0.2) is 0 Å². The summed E-state index contributed by atoms with van der Waals surface area (Å²) in [4.78, 5) is 12.4. The topological polar surface area (TPSA) is 30.2 Å². The molecule has 0 spiro atoms. The highest BCUT2D eigenvalue weighted by molar-refractivity contribution is 5.90. The van der Waals surface area contributed by atoms with Gasteiger partial charge in [-0.05, 0) is 35.9 Å². The highest BCUT2D eigenvalue weighted by atomic mass is 19.1. The van der Waals surface area contributed by atoms with Gasteiger partial charge < -0.3 is 4.42 Å². The van der Waals surface area contributed by atoms with Gasteiger partial charge in [-0.15, -0.1) is 0 Å². The van der Waals surface area contributed by atoms with E-state index in [2.05, 4.69) is 6.58 Å². The Labute approximate surface area is 114 Å². The standard InChI is InChI=1S/C17H11FO2/c1-11(18)6-7-12-8-9-16-14(10-12)17(19)13-4-2-3-5-15(13)20-16/h2-10H,1H2/b7-6-. The molecule has 1 heterocycles. The molecule has 0 aliphatic carbocycles. The van der Waals surface area contributed by atoms with Gasteiger partial charge in [-0.25, -0.2) is 4.39 Å². The summed E-state index contributed by atoms with van der Waals surface area (Å²) < 4.78 is 18.3. The van der Waals surface area contributed by atoms with Gasteiger partial charge in [-0.1, -0.05) is 30.9 Å². The van der Waals surface area contributed by atoms with Crippen molar-refractivity contribution in [3.63, 3.8) is 0 Å². The van der Waals surface area contributed by atoms with Gasteiger partial charge in [0.1, 0.15) is 17.0 Å². The van der Waals surface area contributed by atoms with E-state index in [-0.39, 0.29) is 5.43 Å². The zero-order chi connectivity index (χ0) is 14.1. The SMILES string of the molecule is C=C(F)/C=C\c1ccc2oc3ccccc3c(=O)c2c1. The van der Waals surface area contributed by atoms with Crippen molar-refractivity contribution in [1.82, 2.24) is 0 Å². The quantitative estimate of drug-likeness (QED) is 0.507. The van der Waals surface area contributed by atoms with Crippen LogP contribution < -0.4 is 5.43 Å². The number of allylic oxidation sites excluding steroid dienone is 2. The first kappa shape index (κ1) is 12.4. The first-order valence-electron chi connectivity index (χ1n) is 6.13. The van der Waals surface area contributed by atoms with E-state index in [1.54, 1.807) is 42.5 Å². The van der Waals surface area contributed by atoms with Crippen molar-refractivity contribution < 1.29 is 8.81 Å². The van der Waals surface area contributed by atoms with E-state index in [0.29, 0.717) is 21.9 Å². The molecule has 0 N–H and O–H groups in total. The highest BCUT2D eigenvalue weighted by Crippen LogP contribution is 2.20. The Morgan fingerprint density at radius 2 is 1.85 bits per heavy atom. The summed E-state index contributed by atoms with van der Waals surface area (Å²) in [5.41, 5.74) is 1.71. The average Bonchev–Trinajstić information content (AvgIpc) is 2.46. The molecule has 0 amide bonds. The van der Waals surface area contributed by atoms with Crippen LogP contribution in [0.25, 0.3) is 28.0 Å². The third-order valence-electron chi connectivity index (χ3n) is 3.06. The monoisotopic (exact) mass is 266 g/mol. The summed E-state index contributed by atoms with van der Waals surface area (Å²) >= 11 is 0. The van der Waals surface area contributed by atoms with Crippen molar-refractivity contribution in [1.29, 1.82) is 0 Å². The third kappa shape index (κ3) is 2.14. The fourth-order valence-corrected chi connectivity index (χ4v) is 2.11. The molecule has 2 nitrogen and oxygen atoms in total. The molecule has 98 valence electrons. The molecule has 3 rings (SSSR count). The van der Waals surface area contributed by atoms with Crippen molar-refractivity contribution in [2.75, 3.05) is 0 Å². The Morgan fingerprint density at radius 1 is 1.10 bits per heavy atom. The maximum absolute atomic E-state index is 12.6. The Bertz CT molecular complexity index is 904. The fourth-order valence-electron chi connectivity index (χ4n) is 2.11. The van der Waals surface area contributed by atoms with Gasteiger partial charge in [0.25, 0.3) is 0 Å². The molecule has 2 aromatic carbocycles. The lowest BCUT2D eigenvalue weighted by Gasteiger charge is -2.02. The molecule has 0 atom stereocenters. The van der Waals surface area contributed by atoms with Gasteiger partial charge in [0.2, 0.25) is 5.43 Å². The number of halogens is 1. The molecular formula is C17H11FO2. The Balaban J connectivity index is 2.28. The molecule has 3 aromatic rings. The zero-order valence-corrected chi connectivity index (χ0v) is 10.6. The summed E-state index contributed by atoms with van der Waals surface area (Å²) in [5.74, 6) is -0.532. The maximum Gasteiger partial charge on any atom is 0.200 e. The maximum atomic E-state index is 12.6. The number of para-hydroxylation sites is 1. The average molecular weight is 266 g/mol. The zero-order valence-electron chi connectivity index (χ0n) is 10.6. The normalized spacial score (nSPS) is 11.4. The van der Waals surface area contributed by atoms with E-state index >= 15 is 0 Å².